The fourth-order valence-electron chi connectivity index (χ4n) is 4.34. The van der Waals surface area contributed by atoms with Crippen LogP contribution in [0.1, 0.15) is 54.5 Å². The first-order valence-corrected chi connectivity index (χ1v) is 10.4. The maximum Gasteiger partial charge on any atom is 0.266 e. The molecule has 150 valence electrons. The van der Waals surface area contributed by atoms with Crippen molar-refractivity contribution in [2.24, 2.45) is 9.98 Å². The molecule has 0 fully saturated rings. The highest BCUT2D eigenvalue weighted by molar-refractivity contribution is 6.41. The van der Waals surface area contributed by atoms with E-state index in [0.717, 1.165) is 40.1 Å². The van der Waals surface area contributed by atoms with E-state index in [-0.39, 0.29) is 17.7 Å². The third-order valence-corrected chi connectivity index (χ3v) is 6.04. The number of rotatable bonds is 4. The first kappa shape index (κ1) is 18.7. The van der Waals surface area contributed by atoms with Crippen LogP contribution in [-0.4, -0.2) is 23.1 Å². The molecule has 2 aromatic carbocycles. The van der Waals surface area contributed by atoms with E-state index in [1.54, 1.807) is 0 Å². The van der Waals surface area contributed by atoms with E-state index in [1.807, 2.05) is 43.3 Å². The second kappa shape index (κ2) is 7.48. The van der Waals surface area contributed by atoms with Crippen molar-refractivity contribution in [1.29, 1.82) is 0 Å². The number of benzene rings is 2. The monoisotopic (exact) mass is 397 g/mol. The molecule has 2 aliphatic heterocycles. The van der Waals surface area contributed by atoms with E-state index < -0.39 is 0 Å². The SMILES string of the molecule is C[C@@H](NC(=O)C1=Nc2cc3c(cc2C1)CN=C3C1=CCC(=O)CC1)c1ccccc1. The van der Waals surface area contributed by atoms with Gasteiger partial charge >= 0.3 is 0 Å². The molecular weight excluding hydrogens is 374 g/mol. The van der Waals surface area contributed by atoms with Gasteiger partial charge in [0.05, 0.1) is 24.0 Å². The lowest BCUT2D eigenvalue weighted by atomic mass is 9.90. The number of allylic oxidation sites excluding steroid dienone is 2. The predicted octanol–water partition coefficient (Wildman–Crippen LogP) is 4.17. The number of amides is 1. The van der Waals surface area contributed by atoms with Gasteiger partial charge in [0.1, 0.15) is 11.5 Å². The normalized spacial score (nSPS) is 18.2. The number of fused-ring (bicyclic) bond motifs is 2. The van der Waals surface area contributed by atoms with Crippen molar-refractivity contribution in [3.8, 4) is 0 Å². The zero-order valence-electron chi connectivity index (χ0n) is 16.9. The molecule has 0 spiro atoms. The van der Waals surface area contributed by atoms with E-state index in [0.29, 0.717) is 31.5 Å². The quantitative estimate of drug-likeness (QED) is 0.841. The maximum absolute atomic E-state index is 12.8. The van der Waals surface area contributed by atoms with Gasteiger partial charge in [-0.05, 0) is 41.7 Å². The number of nitrogens with zero attached hydrogens (tertiary/aromatic N) is 2. The number of carbonyl (C=O) groups excluding carboxylic acids is 2. The smallest absolute Gasteiger partial charge is 0.266 e. The van der Waals surface area contributed by atoms with Crippen LogP contribution in [-0.2, 0) is 22.6 Å². The molecule has 5 rings (SSSR count). The van der Waals surface area contributed by atoms with Crippen LogP contribution in [0.3, 0.4) is 0 Å². The van der Waals surface area contributed by atoms with Crippen molar-refractivity contribution in [2.75, 3.05) is 0 Å². The summed E-state index contributed by atoms with van der Waals surface area (Å²) in [5.41, 5.74) is 7.98. The zero-order valence-corrected chi connectivity index (χ0v) is 16.9. The van der Waals surface area contributed by atoms with Gasteiger partial charge in [0, 0.05) is 24.8 Å². The van der Waals surface area contributed by atoms with Crippen LogP contribution in [0.2, 0.25) is 0 Å². The van der Waals surface area contributed by atoms with Crippen molar-refractivity contribution in [3.63, 3.8) is 0 Å². The standard InChI is InChI=1S/C25H23N3O2/c1-15(16-5-3-2-4-6-16)27-25(30)23-12-18-11-19-14-26-24(21(19)13-22(18)28-23)17-7-9-20(29)10-8-17/h2-7,11,13,15H,8-10,12,14H2,1H3,(H,27,30)/t15-/m1/s1. The number of aliphatic imine (C=N–C) groups is 2. The molecule has 2 aromatic rings. The maximum atomic E-state index is 12.8. The van der Waals surface area contributed by atoms with Crippen molar-refractivity contribution < 1.29 is 9.59 Å². The minimum atomic E-state index is -0.120. The fraction of sp³-hybridized carbons (Fsp3) is 0.280. The lowest BCUT2D eigenvalue weighted by Crippen LogP contribution is -2.33. The Morgan fingerprint density at radius 1 is 1.10 bits per heavy atom. The summed E-state index contributed by atoms with van der Waals surface area (Å²) in [4.78, 5) is 33.7. The Labute approximate surface area is 175 Å². The third-order valence-electron chi connectivity index (χ3n) is 6.04. The van der Waals surface area contributed by atoms with Gasteiger partial charge in [-0.3, -0.25) is 14.6 Å². The summed E-state index contributed by atoms with van der Waals surface area (Å²) in [6.07, 6.45) is 4.40. The number of Topliss-reactive ketones (excluding diaryl/α,β-unsaturated/α-hetero) is 1. The van der Waals surface area contributed by atoms with Crippen LogP contribution in [0.25, 0.3) is 0 Å². The summed E-state index contributed by atoms with van der Waals surface area (Å²) in [5, 5.41) is 3.06. The van der Waals surface area contributed by atoms with Crippen molar-refractivity contribution in [3.05, 3.63) is 76.4 Å². The molecule has 0 radical (unpaired) electrons. The highest BCUT2D eigenvalue weighted by Gasteiger charge is 2.27. The molecule has 0 saturated heterocycles. The molecule has 0 bridgehead atoms. The summed E-state index contributed by atoms with van der Waals surface area (Å²) < 4.78 is 0. The first-order chi connectivity index (χ1) is 14.6. The average molecular weight is 397 g/mol. The van der Waals surface area contributed by atoms with Crippen molar-refractivity contribution >= 4 is 28.8 Å². The van der Waals surface area contributed by atoms with Crippen LogP contribution in [0.15, 0.2) is 64.1 Å². The molecule has 5 heteroatoms. The summed E-state index contributed by atoms with van der Waals surface area (Å²) in [5.74, 6) is 0.168. The number of nitrogens with one attached hydrogen (secondary N) is 1. The summed E-state index contributed by atoms with van der Waals surface area (Å²) >= 11 is 0. The molecule has 3 aliphatic rings. The van der Waals surface area contributed by atoms with Crippen molar-refractivity contribution in [2.45, 2.75) is 45.2 Å². The lowest BCUT2D eigenvalue weighted by molar-refractivity contribution is -0.118. The Bertz CT molecular complexity index is 1140. The minimum Gasteiger partial charge on any atom is -0.344 e. The molecule has 1 amide bonds. The van der Waals surface area contributed by atoms with Crippen molar-refractivity contribution in [1.82, 2.24) is 5.32 Å². The van der Waals surface area contributed by atoms with Gasteiger partial charge in [-0.2, -0.15) is 0 Å². The Kier molecular flexibility index (Phi) is 4.66. The van der Waals surface area contributed by atoms with Gasteiger partial charge in [0.25, 0.3) is 5.91 Å². The van der Waals surface area contributed by atoms with Gasteiger partial charge in [-0.15, -0.1) is 0 Å². The van der Waals surface area contributed by atoms with E-state index in [9.17, 15) is 9.59 Å². The Balaban J connectivity index is 1.35. The molecule has 1 aliphatic carbocycles. The average Bonchev–Trinajstić information content (AvgIpc) is 3.37. The molecule has 0 aromatic heterocycles. The second-order valence-electron chi connectivity index (χ2n) is 8.12. The lowest BCUT2D eigenvalue weighted by Gasteiger charge is -2.14. The molecule has 0 unspecified atom stereocenters. The van der Waals surface area contributed by atoms with Gasteiger partial charge < -0.3 is 5.32 Å². The molecule has 2 heterocycles. The van der Waals surface area contributed by atoms with Gasteiger partial charge in [0.2, 0.25) is 0 Å². The van der Waals surface area contributed by atoms with E-state index in [4.69, 9.17) is 4.99 Å². The summed E-state index contributed by atoms with van der Waals surface area (Å²) in [6, 6.07) is 14.1. The van der Waals surface area contributed by atoms with Crippen LogP contribution in [0.5, 0.6) is 0 Å². The largest absolute Gasteiger partial charge is 0.344 e. The summed E-state index contributed by atoms with van der Waals surface area (Å²) in [7, 11) is 0. The van der Waals surface area contributed by atoms with E-state index in [1.165, 1.54) is 5.56 Å². The Morgan fingerprint density at radius 2 is 1.93 bits per heavy atom. The third kappa shape index (κ3) is 3.41. The van der Waals surface area contributed by atoms with E-state index >= 15 is 0 Å². The number of ketones is 1. The van der Waals surface area contributed by atoms with Crippen LogP contribution in [0.4, 0.5) is 5.69 Å². The number of hydrogen-bond donors (Lipinski definition) is 1. The molecule has 5 nitrogen and oxygen atoms in total. The van der Waals surface area contributed by atoms with Crippen LogP contribution >= 0.6 is 0 Å². The Hall–Kier alpha value is -3.34. The minimum absolute atomic E-state index is 0.0743. The molecule has 30 heavy (non-hydrogen) atoms. The topological polar surface area (TPSA) is 70.9 Å². The molecule has 1 N–H and O–H groups in total. The number of hydrogen-bond acceptors (Lipinski definition) is 4. The van der Waals surface area contributed by atoms with Crippen LogP contribution < -0.4 is 5.32 Å². The molecule has 1 atom stereocenters. The molecular formula is C25H23N3O2. The Morgan fingerprint density at radius 3 is 2.70 bits per heavy atom. The number of carbonyl (C=O) groups is 2. The fourth-order valence-corrected chi connectivity index (χ4v) is 4.34. The summed E-state index contributed by atoms with van der Waals surface area (Å²) in [6.45, 7) is 2.63. The van der Waals surface area contributed by atoms with Gasteiger partial charge in [-0.25, -0.2) is 4.99 Å². The molecule has 0 saturated carbocycles. The van der Waals surface area contributed by atoms with Crippen LogP contribution in [0, 0.1) is 0 Å². The zero-order chi connectivity index (χ0) is 20.7. The predicted molar refractivity (Wildman–Crippen MR) is 117 cm³/mol. The highest BCUT2D eigenvalue weighted by Crippen LogP contribution is 2.35. The van der Waals surface area contributed by atoms with Gasteiger partial charge in [0.15, 0.2) is 0 Å². The highest BCUT2D eigenvalue weighted by atomic mass is 16.2. The van der Waals surface area contributed by atoms with Gasteiger partial charge in [-0.1, -0.05) is 42.5 Å². The first-order valence-electron chi connectivity index (χ1n) is 10.4. The van der Waals surface area contributed by atoms with E-state index in [2.05, 4.69) is 22.4 Å². The second-order valence-corrected chi connectivity index (χ2v) is 8.12.